The highest BCUT2D eigenvalue weighted by atomic mass is 79.9. The standard InChI is InChI=1S/C29H33BrN4O3.CO2/c1-14-17-10-22-29(5,6)13-20(33-22)26(36-7)25-15(2)24(30)19(34-25)11-21-28(3,4)12-16(31-21)9-18(32-17)23(14)27(35)37-8;2-1-3/h9-11,32,34H,12-13H2,1-8H3;. The first kappa shape index (κ1) is 29.2. The molecule has 8 bridgehead atoms. The molecule has 0 amide bonds. The van der Waals surface area contributed by atoms with E-state index in [1.54, 1.807) is 7.11 Å². The summed E-state index contributed by atoms with van der Waals surface area (Å²) in [5.41, 5.74) is 9.03. The van der Waals surface area contributed by atoms with E-state index in [0.717, 1.165) is 73.5 Å². The number of methoxy groups -OCH3 is 2. The van der Waals surface area contributed by atoms with Gasteiger partial charge < -0.3 is 19.4 Å². The van der Waals surface area contributed by atoms with E-state index >= 15 is 0 Å². The quantitative estimate of drug-likeness (QED) is 0.344. The van der Waals surface area contributed by atoms with Crippen molar-refractivity contribution in [2.75, 3.05) is 14.2 Å². The largest absolute Gasteiger partial charge is 0.493 e. The first-order valence-electron chi connectivity index (χ1n) is 12.8. The van der Waals surface area contributed by atoms with Crippen LogP contribution in [-0.2, 0) is 38.0 Å². The van der Waals surface area contributed by atoms with Crippen molar-refractivity contribution in [2.24, 2.45) is 0 Å². The van der Waals surface area contributed by atoms with Crippen molar-refractivity contribution >= 4 is 50.1 Å². The fourth-order valence-electron chi connectivity index (χ4n) is 5.39. The smallest absolute Gasteiger partial charge is 0.373 e. The van der Waals surface area contributed by atoms with Crippen LogP contribution in [0.1, 0.15) is 72.0 Å². The summed E-state index contributed by atoms with van der Waals surface area (Å²) in [6.45, 7) is 12.7. The van der Waals surface area contributed by atoms with E-state index in [4.69, 9.17) is 29.0 Å². The lowest BCUT2D eigenvalue weighted by Crippen LogP contribution is -2.15. The van der Waals surface area contributed by atoms with E-state index in [9.17, 15) is 4.79 Å². The predicted octanol–water partition coefficient (Wildman–Crippen LogP) is 5.95. The minimum Gasteiger partial charge on any atom is -0.493 e. The molecule has 3 aromatic rings. The summed E-state index contributed by atoms with van der Waals surface area (Å²) in [5, 5.41) is 0. The number of halogens is 1. The maximum absolute atomic E-state index is 12.8. The van der Waals surface area contributed by atoms with Gasteiger partial charge in [0.05, 0.1) is 42.0 Å². The number of esters is 1. The van der Waals surface area contributed by atoms with Gasteiger partial charge in [-0.25, -0.2) is 4.79 Å². The first-order chi connectivity index (χ1) is 18.8. The molecule has 5 rings (SSSR count). The molecular weight excluding hydrogens is 576 g/mol. The SMILES string of the molecule is COC(=O)c1c(C)c2cc3nc(c(OC)c4[nH]c(cc5nc(cc1[nH]2)CC5(C)C)c(Br)c4C)CC3(C)C.O=C=O. The normalized spacial score (nSPS) is 15.0. The molecule has 2 aliphatic heterocycles. The summed E-state index contributed by atoms with van der Waals surface area (Å²) < 4.78 is 12.1. The minimum absolute atomic E-state index is 0.183. The van der Waals surface area contributed by atoms with Crippen LogP contribution in [-0.4, -0.2) is 46.3 Å². The molecule has 3 aromatic heterocycles. The molecule has 0 unspecified atom stereocenters. The molecule has 0 atom stereocenters. The number of aryl methyl sites for hydroxylation is 2. The molecule has 40 heavy (non-hydrogen) atoms. The van der Waals surface area contributed by atoms with Gasteiger partial charge in [-0.05, 0) is 59.1 Å². The summed E-state index contributed by atoms with van der Waals surface area (Å²) in [4.78, 5) is 46.2. The third kappa shape index (κ3) is 5.09. The van der Waals surface area contributed by atoms with Crippen molar-refractivity contribution in [2.45, 2.75) is 65.2 Å². The Morgan fingerprint density at radius 3 is 2.12 bits per heavy atom. The van der Waals surface area contributed by atoms with Crippen molar-refractivity contribution in [3.8, 4) is 5.75 Å². The molecule has 210 valence electrons. The van der Waals surface area contributed by atoms with E-state index < -0.39 is 0 Å². The number of H-pyrrole nitrogens is 2. The molecule has 0 spiro atoms. The number of carbonyl (C=O) groups is 1. The molecule has 5 heterocycles. The second-order valence-corrected chi connectivity index (χ2v) is 12.2. The Morgan fingerprint density at radius 2 is 1.50 bits per heavy atom. The lowest BCUT2D eigenvalue weighted by molar-refractivity contribution is -0.191. The molecule has 0 aromatic carbocycles. The lowest BCUT2D eigenvalue weighted by atomic mass is 9.86. The van der Waals surface area contributed by atoms with Gasteiger partial charge in [-0.2, -0.15) is 9.59 Å². The van der Waals surface area contributed by atoms with Gasteiger partial charge in [0, 0.05) is 50.7 Å². The highest BCUT2D eigenvalue weighted by Crippen LogP contribution is 2.40. The third-order valence-corrected chi connectivity index (χ3v) is 8.63. The van der Waals surface area contributed by atoms with Crippen LogP contribution in [0.2, 0.25) is 0 Å². The Hall–Kier alpha value is -3.75. The molecule has 2 aliphatic rings. The average molecular weight is 610 g/mol. The number of rotatable bonds is 2. The van der Waals surface area contributed by atoms with Crippen molar-refractivity contribution in [3.05, 3.63) is 62.1 Å². The molecule has 9 nitrogen and oxygen atoms in total. The van der Waals surface area contributed by atoms with E-state index in [-0.39, 0.29) is 23.0 Å². The average Bonchev–Trinajstić information content (AvgIpc) is 3.53. The second kappa shape index (κ2) is 10.7. The number of hydrogen-bond acceptors (Lipinski definition) is 7. The Morgan fingerprint density at radius 1 is 0.900 bits per heavy atom. The molecule has 0 aliphatic carbocycles. The molecule has 2 N–H and O–H groups in total. The molecule has 0 fully saturated rings. The number of carbonyl (C=O) groups excluding carboxylic acids is 3. The molecule has 0 saturated carbocycles. The Bertz CT molecular complexity index is 1710. The molecule has 0 radical (unpaired) electrons. The first-order valence-corrected chi connectivity index (χ1v) is 13.6. The number of hydrogen-bond donors (Lipinski definition) is 2. The summed E-state index contributed by atoms with van der Waals surface area (Å²) >= 11 is 3.79. The summed E-state index contributed by atoms with van der Waals surface area (Å²) in [5.74, 6) is 0.354. The molecular formula is C30H33BrN4O5. The zero-order chi connectivity index (χ0) is 29.6. The zero-order valence-electron chi connectivity index (χ0n) is 24.0. The van der Waals surface area contributed by atoms with Gasteiger partial charge in [0.15, 0.2) is 5.75 Å². The van der Waals surface area contributed by atoms with Crippen molar-refractivity contribution in [1.29, 1.82) is 0 Å². The van der Waals surface area contributed by atoms with Crippen LogP contribution < -0.4 is 4.74 Å². The van der Waals surface area contributed by atoms with Crippen LogP contribution in [0.5, 0.6) is 5.75 Å². The van der Waals surface area contributed by atoms with Gasteiger partial charge in [0.1, 0.15) is 0 Å². The van der Waals surface area contributed by atoms with Crippen LogP contribution in [0.15, 0.2) is 22.7 Å². The van der Waals surface area contributed by atoms with E-state index in [0.29, 0.717) is 11.1 Å². The second-order valence-electron chi connectivity index (χ2n) is 11.4. The highest BCUT2D eigenvalue weighted by molar-refractivity contribution is 9.10. The van der Waals surface area contributed by atoms with Gasteiger partial charge in [-0.1, -0.05) is 27.7 Å². The van der Waals surface area contributed by atoms with Gasteiger partial charge in [-0.3, -0.25) is 9.97 Å². The Kier molecular flexibility index (Phi) is 7.80. The fourth-order valence-corrected chi connectivity index (χ4v) is 5.80. The number of aromatic nitrogens is 4. The molecule has 0 saturated heterocycles. The highest BCUT2D eigenvalue weighted by Gasteiger charge is 2.32. The Balaban J connectivity index is 0.00000118. The zero-order valence-corrected chi connectivity index (χ0v) is 25.5. The van der Waals surface area contributed by atoms with Crippen LogP contribution in [0.4, 0.5) is 0 Å². The number of fused-ring (bicyclic) bond motifs is 8. The fraction of sp³-hybridized carbons (Fsp3) is 0.400. The number of ether oxygens (including phenoxy) is 2. The van der Waals surface area contributed by atoms with Crippen LogP contribution in [0.3, 0.4) is 0 Å². The minimum atomic E-state index is -0.376. The van der Waals surface area contributed by atoms with Crippen LogP contribution >= 0.6 is 15.9 Å². The van der Waals surface area contributed by atoms with E-state index in [1.165, 1.54) is 7.11 Å². The summed E-state index contributed by atoms with van der Waals surface area (Å²) in [6.07, 6.45) is 1.71. The summed E-state index contributed by atoms with van der Waals surface area (Å²) in [7, 11) is 3.10. The van der Waals surface area contributed by atoms with Gasteiger partial charge in [0.25, 0.3) is 0 Å². The van der Waals surface area contributed by atoms with Crippen molar-refractivity contribution in [3.63, 3.8) is 0 Å². The molecule has 10 heteroatoms. The topological polar surface area (TPSA) is 127 Å². The van der Waals surface area contributed by atoms with E-state index in [1.807, 2.05) is 19.1 Å². The summed E-state index contributed by atoms with van der Waals surface area (Å²) in [6, 6.07) is 6.11. The number of nitrogens with one attached hydrogen (secondary N) is 2. The number of aromatic amines is 2. The maximum Gasteiger partial charge on any atom is 0.373 e. The number of nitrogens with zero attached hydrogens (tertiary/aromatic N) is 2. The predicted molar refractivity (Wildman–Crippen MR) is 155 cm³/mol. The van der Waals surface area contributed by atoms with E-state index in [2.05, 4.69) is 66.6 Å². The van der Waals surface area contributed by atoms with Crippen LogP contribution in [0.25, 0.3) is 22.1 Å². The van der Waals surface area contributed by atoms with Crippen LogP contribution in [0, 0.1) is 13.8 Å². The van der Waals surface area contributed by atoms with Gasteiger partial charge >= 0.3 is 12.1 Å². The van der Waals surface area contributed by atoms with Gasteiger partial charge in [0.2, 0.25) is 0 Å². The van der Waals surface area contributed by atoms with Crippen molar-refractivity contribution < 1.29 is 23.9 Å². The monoisotopic (exact) mass is 608 g/mol. The third-order valence-electron chi connectivity index (χ3n) is 7.61. The Labute approximate surface area is 240 Å². The van der Waals surface area contributed by atoms with Crippen molar-refractivity contribution in [1.82, 2.24) is 19.9 Å². The van der Waals surface area contributed by atoms with Gasteiger partial charge in [-0.15, -0.1) is 0 Å². The maximum atomic E-state index is 12.8. The lowest BCUT2D eigenvalue weighted by Gasteiger charge is -2.16.